The number of hydrogen-bond acceptors (Lipinski definition) is 5. The molecule has 0 fully saturated rings. The first-order chi connectivity index (χ1) is 16.7. The molecule has 1 atom stereocenters. The Kier molecular flexibility index (Phi) is 7.05. The van der Waals surface area contributed by atoms with Crippen LogP contribution in [0.5, 0.6) is 0 Å². The number of ketones is 2. The topological polar surface area (TPSA) is 68.3 Å². The van der Waals surface area contributed by atoms with Crippen molar-refractivity contribution in [2.75, 3.05) is 0 Å². The van der Waals surface area contributed by atoms with Gasteiger partial charge in [-0.15, -0.1) is 0 Å². The standard InChI is InChI=1S/C29H24O4S2/c1-21-13-19-26(20-14-21)35(32,33)29(2,27(30)22-9-5-3-6-10-22)28(31)23-15-17-25(18-16-23)34-24-11-7-4-8-12-24/h3-20H,1-2H3. The van der Waals surface area contributed by atoms with E-state index < -0.39 is 26.2 Å². The second-order valence-electron chi connectivity index (χ2n) is 8.31. The Morgan fingerprint density at radius 3 is 1.63 bits per heavy atom. The lowest BCUT2D eigenvalue weighted by Crippen LogP contribution is -2.50. The molecule has 0 aliphatic heterocycles. The molecule has 6 heteroatoms. The molecule has 176 valence electrons. The third-order valence-electron chi connectivity index (χ3n) is 5.87. The van der Waals surface area contributed by atoms with Crippen LogP contribution < -0.4 is 0 Å². The Morgan fingerprint density at radius 1 is 0.629 bits per heavy atom. The van der Waals surface area contributed by atoms with E-state index in [1.165, 1.54) is 43.0 Å². The van der Waals surface area contributed by atoms with E-state index in [1.807, 2.05) is 37.3 Å². The van der Waals surface area contributed by atoms with E-state index in [1.54, 1.807) is 54.6 Å². The minimum Gasteiger partial charge on any atom is -0.292 e. The Hall–Kier alpha value is -3.48. The lowest BCUT2D eigenvalue weighted by atomic mass is 9.90. The first-order valence-electron chi connectivity index (χ1n) is 11.0. The lowest BCUT2D eigenvalue weighted by molar-refractivity contribution is 0.0842. The van der Waals surface area contributed by atoms with E-state index in [0.29, 0.717) is 0 Å². The smallest absolute Gasteiger partial charge is 0.199 e. The third kappa shape index (κ3) is 4.85. The van der Waals surface area contributed by atoms with Crippen molar-refractivity contribution in [2.24, 2.45) is 0 Å². The highest BCUT2D eigenvalue weighted by atomic mass is 32.2. The molecule has 1 unspecified atom stereocenters. The van der Waals surface area contributed by atoms with Gasteiger partial charge in [0.25, 0.3) is 0 Å². The number of sulfone groups is 1. The number of aryl methyl sites for hydroxylation is 1. The number of Topliss-reactive ketones (excluding diaryl/α,β-unsaturated/α-hetero) is 2. The van der Waals surface area contributed by atoms with E-state index in [2.05, 4.69) is 0 Å². The van der Waals surface area contributed by atoms with Crippen molar-refractivity contribution >= 4 is 33.2 Å². The summed E-state index contributed by atoms with van der Waals surface area (Å²) in [6.45, 7) is 3.05. The zero-order chi connectivity index (χ0) is 25.1. The zero-order valence-corrected chi connectivity index (χ0v) is 21.0. The monoisotopic (exact) mass is 500 g/mol. The second-order valence-corrected chi connectivity index (χ2v) is 11.8. The number of rotatable bonds is 8. The molecule has 35 heavy (non-hydrogen) atoms. The van der Waals surface area contributed by atoms with Crippen molar-refractivity contribution in [2.45, 2.75) is 33.3 Å². The normalized spacial score (nSPS) is 13.1. The van der Waals surface area contributed by atoms with E-state index in [-0.39, 0.29) is 16.0 Å². The Balaban J connectivity index is 1.77. The second kappa shape index (κ2) is 10.0. The van der Waals surface area contributed by atoms with Crippen LogP contribution in [0.15, 0.2) is 124 Å². The average molecular weight is 501 g/mol. The van der Waals surface area contributed by atoms with Gasteiger partial charge in [-0.05, 0) is 50.2 Å². The number of carbonyl (C=O) groups is 2. The average Bonchev–Trinajstić information content (AvgIpc) is 2.89. The molecule has 0 radical (unpaired) electrons. The van der Waals surface area contributed by atoms with E-state index in [4.69, 9.17) is 0 Å². The summed E-state index contributed by atoms with van der Waals surface area (Å²) in [5, 5.41) is 0. The van der Waals surface area contributed by atoms with Gasteiger partial charge in [0.05, 0.1) is 4.90 Å². The molecule has 0 bridgehead atoms. The molecule has 0 amide bonds. The van der Waals surface area contributed by atoms with Crippen molar-refractivity contribution in [3.05, 3.63) is 126 Å². The van der Waals surface area contributed by atoms with Gasteiger partial charge < -0.3 is 0 Å². The van der Waals surface area contributed by atoms with Crippen LogP contribution in [0.3, 0.4) is 0 Å². The van der Waals surface area contributed by atoms with Crippen LogP contribution in [-0.2, 0) is 9.84 Å². The van der Waals surface area contributed by atoms with Crippen LogP contribution in [-0.4, -0.2) is 24.7 Å². The summed E-state index contributed by atoms with van der Waals surface area (Å²) in [6.07, 6.45) is 0. The number of benzene rings is 4. The van der Waals surface area contributed by atoms with Crippen LogP contribution >= 0.6 is 11.8 Å². The predicted molar refractivity (Wildman–Crippen MR) is 139 cm³/mol. The minimum atomic E-state index is -4.38. The minimum absolute atomic E-state index is 0.0699. The molecule has 0 saturated carbocycles. The fourth-order valence-corrected chi connectivity index (χ4v) is 6.27. The summed E-state index contributed by atoms with van der Waals surface area (Å²) < 4.78 is 25.4. The Bertz CT molecular complexity index is 1450. The van der Waals surface area contributed by atoms with Gasteiger partial charge >= 0.3 is 0 Å². The molecule has 0 N–H and O–H groups in total. The van der Waals surface area contributed by atoms with Crippen molar-refractivity contribution in [3.8, 4) is 0 Å². The summed E-state index contributed by atoms with van der Waals surface area (Å²) in [4.78, 5) is 29.4. The summed E-state index contributed by atoms with van der Waals surface area (Å²) in [6, 6.07) is 30.7. The molecule has 0 heterocycles. The van der Waals surface area contributed by atoms with Crippen LogP contribution in [0.1, 0.15) is 33.2 Å². The van der Waals surface area contributed by atoms with Gasteiger partial charge in [-0.25, -0.2) is 8.42 Å². The molecule has 0 aliphatic rings. The highest BCUT2D eigenvalue weighted by Gasteiger charge is 2.53. The zero-order valence-electron chi connectivity index (χ0n) is 19.3. The van der Waals surface area contributed by atoms with Crippen molar-refractivity contribution in [3.63, 3.8) is 0 Å². The third-order valence-corrected chi connectivity index (χ3v) is 9.22. The van der Waals surface area contributed by atoms with E-state index >= 15 is 0 Å². The largest absolute Gasteiger partial charge is 0.292 e. The van der Waals surface area contributed by atoms with E-state index in [0.717, 1.165) is 15.4 Å². The summed E-state index contributed by atoms with van der Waals surface area (Å²) in [5.41, 5.74) is 1.19. The van der Waals surface area contributed by atoms with Gasteiger partial charge in [-0.1, -0.05) is 90.1 Å². The van der Waals surface area contributed by atoms with Gasteiger partial charge in [0.1, 0.15) is 0 Å². The highest BCUT2D eigenvalue weighted by Crippen LogP contribution is 2.34. The van der Waals surface area contributed by atoms with Crippen LogP contribution in [0.25, 0.3) is 0 Å². The molecule has 4 aromatic rings. The summed E-state index contributed by atoms with van der Waals surface area (Å²) >= 11 is 1.53. The van der Waals surface area contributed by atoms with Gasteiger partial charge in [-0.2, -0.15) is 0 Å². The molecule has 4 aromatic carbocycles. The van der Waals surface area contributed by atoms with Crippen LogP contribution in [0.4, 0.5) is 0 Å². The van der Waals surface area contributed by atoms with Crippen LogP contribution in [0.2, 0.25) is 0 Å². The maximum atomic E-state index is 13.9. The molecular formula is C29H24O4S2. The first kappa shape index (κ1) is 24.6. The number of hydrogen-bond donors (Lipinski definition) is 0. The summed E-state index contributed by atoms with van der Waals surface area (Å²) in [7, 11) is -4.38. The van der Waals surface area contributed by atoms with Crippen molar-refractivity contribution in [1.29, 1.82) is 0 Å². The molecule has 0 saturated heterocycles. The molecule has 4 nitrogen and oxygen atoms in total. The lowest BCUT2D eigenvalue weighted by Gasteiger charge is -2.27. The van der Waals surface area contributed by atoms with Crippen molar-refractivity contribution in [1.82, 2.24) is 0 Å². The maximum Gasteiger partial charge on any atom is 0.199 e. The SMILES string of the molecule is Cc1ccc(S(=O)(=O)C(C)(C(=O)c2ccccc2)C(=O)c2ccc(Sc3ccccc3)cc2)cc1. The molecule has 0 aliphatic carbocycles. The highest BCUT2D eigenvalue weighted by molar-refractivity contribution is 7.99. The molecule has 0 spiro atoms. The number of carbonyl (C=O) groups excluding carboxylic acids is 2. The van der Waals surface area contributed by atoms with Gasteiger partial charge in [0.15, 0.2) is 26.2 Å². The van der Waals surface area contributed by atoms with Gasteiger partial charge in [0.2, 0.25) is 0 Å². The quantitative estimate of drug-likeness (QED) is 0.206. The Morgan fingerprint density at radius 2 is 1.09 bits per heavy atom. The maximum absolute atomic E-state index is 13.9. The van der Waals surface area contributed by atoms with Gasteiger partial charge in [-0.3, -0.25) is 9.59 Å². The Labute approximate surface area is 209 Å². The first-order valence-corrected chi connectivity index (χ1v) is 13.3. The summed E-state index contributed by atoms with van der Waals surface area (Å²) in [5.74, 6) is -1.52. The van der Waals surface area contributed by atoms with Gasteiger partial charge in [0, 0.05) is 20.9 Å². The predicted octanol–water partition coefficient (Wildman–Crippen LogP) is 6.44. The molecular weight excluding hydrogens is 476 g/mol. The molecule has 0 aromatic heterocycles. The van der Waals surface area contributed by atoms with Crippen LogP contribution in [0, 0.1) is 6.92 Å². The van der Waals surface area contributed by atoms with E-state index in [9.17, 15) is 18.0 Å². The van der Waals surface area contributed by atoms with Crippen molar-refractivity contribution < 1.29 is 18.0 Å². The fraction of sp³-hybridized carbons (Fsp3) is 0.103. The molecule has 4 rings (SSSR count). The fourth-order valence-electron chi connectivity index (χ4n) is 3.74.